The van der Waals surface area contributed by atoms with Crippen molar-refractivity contribution >= 4 is 37.6 Å². The van der Waals surface area contributed by atoms with E-state index >= 15 is 0 Å². The van der Waals surface area contributed by atoms with Crippen molar-refractivity contribution in [2.75, 3.05) is 24.6 Å². The molecule has 0 aliphatic heterocycles. The molecule has 1 aliphatic carbocycles. The Bertz CT molecular complexity index is 950. The van der Waals surface area contributed by atoms with Crippen LogP contribution in [-0.4, -0.2) is 39.8 Å². The van der Waals surface area contributed by atoms with Gasteiger partial charge in [0, 0.05) is 24.2 Å². The smallest absolute Gasteiger partial charge is 0.150 e. The summed E-state index contributed by atoms with van der Waals surface area (Å²) in [6, 6.07) is 0. The largest absolute Gasteiger partial charge is 0.395 e. The molecular weight excluding hydrogens is 344 g/mol. The Morgan fingerprint density at radius 2 is 2.04 bits per heavy atom. The van der Waals surface area contributed by atoms with Crippen molar-refractivity contribution < 1.29 is 5.11 Å². The number of thiophene rings is 1. The topological polar surface area (TPSA) is 62.1 Å². The predicted octanol–water partition coefficient (Wildman–Crippen LogP) is 3.75. The molecule has 3 aromatic heterocycles. The van der Waals surface area contributed by atoms with Gasteiger partial charge in [0.15, 0.2) is 0 Å². The molecule has 5 nitrogen and oxygen atoms in total. The Kier molecular flexibility index (Phi) is 4.80. The highest BCUT2D eigenvalue weighted by atomic mass is 32.1. The van der Waals surface area contributed by atoms with Crippen LogP contribution in [0.2, 0.25) is 0 Å². The third-order valence-corrected chi connectivity index (χ3v) is 6.26. The molecule has 1 aliphatic rings. The van der Waals surface area contributed by atoms with Crippen LogP contribution in [-0.2, 0) is 19.3 Å². The second-order valence-electron chi connectivity index (χ2n) is 7.43. The van der Waals surface area contributed by atoms with Crippen LogP contribution in [0.4, 0.5) is 5.82 Å². The third kappa shape index (κ3) is 2.85. The first-order chi connectivity index (χ1) is 12.6. The van der Waals surface area contributed by atoms with Crippen LogP contribution < -0.4 is 4.90 Å². The maximum Gasteiger partial charge on any atom is 0.150 e. The second-order valence-corrected chi connectivity index (χ2v) is 8.43. The number of aromatic nitrogens is 3. The van der Waals surface area contributed by atoms with Crippen LogP contribution in [0.3, 0.4) is 0 Å². The molecule has 0 spiro atoms. The summed E-state index contributed by atoms with van der Waals surface area (Å²) in [5.41, 5.74) is 5.25. The number of aryl methyl sites for hydroxylation is 1. The molecule has 0 saturated heterocycles. The fourth-order valence-electron chi connectivity index (χ4n) is 4.08. The molecule has 0 bridgehead atoms. The molecule has 0 saturated carbocycles. The van der Waals surface area contributed by atoms with E-state index in [2.05, 4.69) is 35.6 Å². The number of aliphatic hydroxyl groups excluding tert-OH is 1. The average molecular weight is 371 g/mol. The van der Waals surface area contributed by atoms with Gasteiger partial charge in [-0.1, -0.05) is 13.8 Å². The number of nitrogens with zero attached hydrogens (tertiary/aromatic N) is 4. The van der Waals surface area contributed by atoms with Gasteiger partial charge in [-0.05, 0) is 49.7 Å². The molecule has 0 aromatic carbocycles. The van der Waals surface area contributed by atoms with Gasteiger partial charge in [0.25, 0.3) is 0 Å². The number of anilines is 1. The third-order valence-electron chi connectivity index (χ3n) is 5.19. The standard InChI is InChI=1S/C20H26N4OS/c1-4-24(8-9-25)19-18-17(21-11-22-19)16-14-7-5-6-13(14)15(10-12(2)3)23-20(16)26-18/h11-12,25H,4-10H2,1-3H3. The van der Waals surface area contributed by atoms with E-state index in [1.807, 2.05) is 0 Å². The number of likely N-dealkylation sites (N-methyl/N-ethyl adjacent to an activating group) is 1. The highest BCUT2D eigenvalue weighted by Gasteiger charge is 2.25. The molecule has 4 rings (SSSR count). The number of fused-ring (bicyclic) bond motifs is 5. The lowest BCUT2D eigenvalue weighted by atomic mass is 9.99. The van der Waals surface area contributed by atoms with Crippen molar-refractivity contribution in [3.05, 3.63) is 23.1 Å². The highest BCUT2D eigenvalue weighted by molar-refractivity contribution is 7.26. The minimum atomic E-state index is 0.121. The van der Waals surface area contributed by atoms with E-state index in [0.717, 1.165) is 46.7 Å². The van der Waals surface area contributed by atoms with E-state index in [4.69, 9.17) is 4.98 Å². The zero-order chi connectivity index (χ0) is 18.3. The van der Waals surface area contributed by atoms with Crippen molar-refractivity contribution in [2.45, 2.75) is 46.5 Å². The fourth-order valence-corrected chi connectivity index (χ4v) is 5.28. The first-order valence-electron chi connectivity index (χ1n) is 9.57. The van der Waals surface area contributed by atoms with Crippen LogP contribution >= 0.6 is 11.3 Å². The number of rotatable bonds is 6. The Balaban J connectivity index is 1.97. The molecule has 0 radical (unpaired) electrons. The zero-order valence-electron chi connectivity index (χ0n) is 15.7. The molecule has 0 unspecified atom stereocenters. The summed E-state index contributed by atoms with van der Waals surface area (Å²) in [5.74, 6) is 1.53. The van der Waals surface area contributed by atoms with Crippen molar-refractivity contribution in [1.82, 2.24) is 15.0 Å². The predicted molar refractivity (Wildman–Crippen MR) is 108 cm³/mol. The summed E-state index contributed by atoms with van der Waals surface area (Å²) >= 11 is 1.71. The number of hydrogen-bond acceptors (Lipinski definition) is 6. The lowest BCUT2D eigenvalue weighted by molar-refractivity contribution is 0.302. The fraction of sp³-hybridized carbons (Fsp3) is 0.550. The van der Waals surface area contributed by atoms with Crippen molar-refractivity contribution in [3.8, 4) is 0 Å². The van der Waals surface area contributed by atoms with Crippen molar-refractivity contribution in [2.24, 2.45) is 5.92 Å². The van der Waals surface area contributed by atoms with Gasteiger partial charge in [0.05, 0.1) is 16.8 Å². The molecule has 0 amide bonds. The van der Waals surface area contributed by atoms with Gasteiger partial charge in [-0.2, -0.15) is 0 Å². The first-order valence-corrected chi connectivity index (χ1v) is 10.4. The van der Waals surface area contributed by atoms with Gasteiger partial charge < -0.3 is 10.0 Å². The van der Waals surface area contributed by atoms with E-state index in [1.54, 1.807) is 17.7 Å². The maximum absolute atomic E-state index is 9.39. The Labute approximate surface area is 158 Å². The van der Waals surface area contributed by atoms with Crippen LogP contribution in [0.1, 0.15) is 44.0 Å². The molecule has 0 atom stereocenters. The Hall–Kier alpha value is -1.79. The molecule has 138 valence electrons. The van der Waals surface area contributed by atoms with E-state index in [9.17, 15) is 5.11 Å². The highest BCUT2D eigenvalue weighted by Crippen LogP contribution is 2.42. The normalized spacial score (nSPS) is 13.9. The number of hydrogen-bond donors (Lipinski definition) is 1. The molecule has 3 aromatic rings. The summed E-state index contributed by atoms with van der Waals surface area (Å²) in [7, 11) is 0. The van der Waals surface area contributed by atoms with Crippen LogP contribution in [0, 0.1) is 5.92 Å². The van der Waals surface area contributed by atoms with Gasteiger partial charge in [0.1, 0.15) is 17.0 Å². The molecular formula is C20H26N4OS. The van der Waals surface area contributed by atoms with Gasteiger partial charge in [-0.3, -0.25) is 0 Å². The van der Waals surface area contributed by atoms with Crippen LogP contribution in [0.25, 0.3) is 20.4 Å². The van der Waals surface area contributed by atoms with E-state index in [-0.39, 0.29) is 6.61 Å². The van der Waals surface area contributed by atoms with E-state index < -0.39 is 0 Å². The minimum Gasteiger partial charge on any atom is -0.395 e. The molecule has 3 heterocycles. The van der Waals surface area contributed by atoms with E-state index in [1.165, 1.54) is 28.6 Å². The number of aliphatic hydroxyl groups is 1. The first kappa shape index (κ1) is 17.6. The summed E-state index contributed by atoms with van der Waals surface area (Å²) < 4.78 is 1.10. The van der Waals surface area contributed by atoms with E-state index in [0.29, 0.717) is 12.5 Å². The minimum absolute atomic E-state index is 0.121. The lowest BCUT2D eigenvalue weighted by Crippen LogP contribution is -2.27. The average Bonchev–Trinajstić information content (AvgIpc) is 3.23. The summed E-state index contributed by atoms with van der Waals surface area (Å²) in [4.78, 5) is 17.5. The van der Waals surface area contributed by atoms with Gasteiger partial charge >= 0.3 is 0 Å². The summed E-state index contributed by atoms with van der Waals surface area (Å²) in [6.45, 7) is 8.13. The van der Waals surface area contributed by atoms with Crippen molar-refractivity contribution in [1.29, 1.82) is 0 Å². The number of pyridine rings is 1. The molecule has 26 heavy (non-hydrogen) atoms. The second kappa shape index (κ2) is 7.08. The van der Waals surface area contributed by atoms with Gasteiger partial charge in [0.2, 0.25) is 0 Å². The lowest BCUT2D eigenvalue weighted by Gasteiger charge is -2.20. The molecule has 6 heteroatoms. The SMILES string of the molecule is CCN(CCO)c1ncnc2c1sc1nc(CC(C)C)c3c(c12)CCC3. The molecule has 0 fully saturated rings. The monoisotopic (exact) mass is 370 g/mol. The van der Waals surface area contributed by atoms with Crippen LogP contribution in [0.5, 0.6) is 0 Å². The maximum atomic E-state index is 9.39. The summed E-state index contributed by atoms with van der Waals surface area (Å²) in [6.07, 6.45) is 6.17. The quantitative estimate of drug-likeness (QED) is 0.716. The van der Waals surface area contributed by atoms with Gasteiger partial charge in [-0.25, -0.2) is 15.0 Å². The Morgan fingerprint density at radius 3 is 2.77 bits per heavy atom. The van der Waals surface area contributed by atoms with Crippen molar-refractivity contribution in [3.63, 3.8) is 0 Å². The van der Waals surface area contributed by atoms with Gasteiger partial charge in [-0.15, -0.1) is 11.3 Å². The summed E-state index contributed by atoms with van der Waals surface area (Å²) in [5, 5.41) is 10.6. The van der Waals surface area contributed by atoms with Crippen LogP contribution in [0.15, 0.2) is 6.33 Å². The Morgan fingerprint density at radius 1 is 1.23 bits per heavy atom. The zero-order valence-corrected chi connectivity index (χ0v) is 16.6. The molecule has 1 N–H and O–H groups in total.